The summed E-state index contributed by atoms with van der Waals surface area (Å²) in [6.45, 7) is 7.94. The lowest BCUT2D eigenvalue weighted by atomic mass is 10.1. The van der Waals surface area contributed by atoms with Crippen molar-refractivity contribution in [2.45, 2.75) is 45.5 Å². The van der Waals surface area contributed by atoms with E-state index in [0.29, 0.717) is 0 Å². The molecular formula is C21H25N3OS. The number of rotatable bonds is 5. The third-order valence-electron chi connectivity index (χ3n) is 4.41. The highest BCUT2D eigenvalue weighted by molar-refractivity contribution is 8.14. The van der Waals surface area contributed by atoms with Crippen molar-refractivity contribution in [3.63, 3.8) is 0 Å². The van der Waals surface area contributed by atoms with E-state index >= 15 is 0 Å². The molecule has 1 heterocycles. The van der Waals surface area contributed by atoms with Crippen LogP contribution in [0.5, 0.6) is 0 Å². The van der Waals surface area contributed by atoms with Gasteiger partial charge in [0.05, 0.1) is 10.9 Å². The van der Waals surface area contributed by atoms with E-state index in [4.69, 9.17) is 4.99 Å². The van der Waals surface area contributed by atoms with Gasteiger partial charge in [-0.25, -0.2) is 10.4 Å². The number of aliphatic imine (C=N–C) groups is 1. The lowest BCUT2D eigenvalue weighted by molar-refractivity contribution is -0.116. The number of amidine groups is 1. The summed E-state index contributed by atoms with van der Waals surface area (Å²) < 4.78 is 0. The number of aryl methyl sites for hydroxylation is 2. The fourth-order valence-corrected chi connectivity index (χ4v) is 4.15. The molecular weight excluding hydrogens is 342 g/mol. The number of nitrogens with one attached hydrogen (secondary N) is 1. The second kappa shape index (κ2) is 8.06. The first-order chi connectivity index (χ1) is 12.5. The van der Waals surface area contributed by atoms with Crippen LogP contribution in [0.1, 0.15) is 42.2 Å². The van der Waals surface area contributed by atoms with Crippen LogP contribution in [0.25, 0.3) is 0 Å². The Kier molecular flexibility index (Phi) is 5.79. The minimum Gasteiger partial charge on any atom is -0.298 e. The zero-order valence-electron chi connectivity index (χ0n) is 15.7. The van der Waals surface area contributed by atoms with Crippen LogP contribution in [0.4, 0.5) is 5.69 Å². The van der Waals surface area contributed by atoms with Crippen LogP contribution in [0.3, 0.4) is 0 Å². The highest BCUT2D eigenvalue weighted by Gasteiger charge is 2.30. The van der Waals surface area contributed by atoms with Crippen molar-refractivity contribution >= 4 is 28.4 Å². The molecule has 2 aromatic rings. The summed E-state index contributed by atoms with van der Waals surface area (Å²) in [5.74, 6) is 0.129. The lowest BCUT2D eigenvalue weighted by Gasteiger charge is -2.25. The zero-order valence-corrected chi connectivity index (χ0v) is 16.5. The number of benzene rings is 2. The Bertz CT molecular complexity index is 819. The van der Waals surface area contributed by atoms with Crippen LogP contribution in [0.2, 0.25) is 0 Å². The molecule has 3 rings (SSSR count). The molecule has 1 N–H and O–H groups in total. The Hall–Kier alpha value is -2.11. The molecule has 26 heavy (non-hydrogen) atoms. The van der Waals surface area contributed by atoms with Crippen LogP contribution < -0.4 is 10.4 Å². The number of hydrogen-bond donors (Lipinski definition) is 1. The van der Waals surface area contributed by atoms with E-state index in [0.717, 1.165) is 22.8 Å². The molecule has 2 atom stereocenters. The molecule has 1 aliphatic heterocycles. The summed E-state index contributed by atoms with van der Waals surface area (Å²) in [7, 11) is 0. The molecule has 1 aliphatic rings. The number of Topliss-reactive ketones (excluding diaryl/α,β-unsaturated/α-hetero) is 1. The van der Waals surface area contributed by atoms with Crippen LogP contribution in [0.15, 0.2) is 53.5 Å². The van der Waals surface area contributed by atoms with E-state index in [-0.39, 0.29) is 17.2 Å². The van der Waals surface area contributed by atoms with Gasteiger partial charge in [0.15, 0.2) is 5.17 Å². The average Bonchev–Trinajstić information content (AvgIpc) is 3.03. The topological polar surface area (TPSA) is 44.7 Å². The number of carbonyl (C=O) groups is 1. The van der Waals surface area contributed by atoms with Gasteiger partial charge in [-0.2, -0.15) is 0 Å². The molecule has 0 saturated heterocycles. The first-order valence-corrected chi connectivity index (χ1v) is 9.81. The molecule has 0 aliphatic carbocycles. The van der Waals surface area contributed by atoms with E-state index in [2.05, 4.69) is 44.4 Å². The van der Waals surface area contributed by atoms with Crippen LogP contribution >= 0.6 is 11.8 Å². The van der Waals surface area contributed by atoms with Crippen molar-refractivity contribution < 1.29 is 4.79 Å². The second-order valence-corrected chi connectivity index (χ2v) is 7.68. The summed E-state index contributed by atoms with van der Waals surface area (Å²) in [6.07, 6.45) is 0.920. The maximum Gasteiger partial charge on any atom is 0.181 e. The van der Waals surface area contributed by atoms with Crippen molar-refractivity contribution in [3.05, 3.63) is 65.2 Å². The van der Waals surface area contributed by atoms with Crippen molar-refractivity contribution in [2.24, 2.45) is 4.99 Å². The fourth-order valence-electron chi connectivity index (χ4n) is 3.04. The summed E-state index contributed by atoms with van der Waals surface area (Å²) in [5.41, 5.74) is 7.96. The largest absolute Gasteiger partial charge is 0.298 e. The van der Waals surface area contributed by atoms with Gasteiger partial charge in [0, 0.05) is 0 Å². The Labute approximate surface area is 159 Å². The van der Waals surface area contributed by atoms with Gasteiger partial charge in [0.2, 0.25) is 0 Å². The number of thioether (sulfide) groups is 1. The molecule has 0 fully saturated rings. The number of nitrogens with zero attached hydrogens (tertiary/aromatic N) is 2. The predicted molar refractivity (Wildman–Crippen MR) is 110 cm³/mol. The highest BCUT2D eigenvalue weighted by atomic mass is 32.2. The summed E-state index contributed by atoms with van der Waals surface area (Å²) in [6, 6.07) is 16.3. The van der Waals surface area contributed by atoms with Gasteiger partial charge in [-0.1, -0.05) is 66.7 Å². The van der Waals surface area contributed by atoms with Gasteiger partial charge < -0.3 is 0 Å². The standard InChI is InChI=1S/C21H25N3OS/c1-5-19-22-21(24(23-19)18-12-11-14(2)13-15(18)3)26-20(16(4)25)17-9-7-6-8-10-17/h6-13,19-20,23H,5H2,1-4H3. The SMILES string of the molecule is CCC1N=C(SC(C(C)=O)c2ccccc2)N(c2ccc(C)cc2C)N1. The van der Waals surface area contributed by atoms with Crippen molar-refractivity contribution in [2.75, 3.05) is 5.01 Å². The minimum atomic E-state index is -0.263. The van der Waals surface area contributed by atoms with E-state index < -0.39 is 0 Å². The van der Waals surface area contributed by atoms with Gasteiger partial charge in [-0.15, -0.1) is 0 Å². The van der Waals surface area contributed by atoms with Crippen molar-refractivity contribution in [1.29, 1.82) is 0 Å². The second-order valence-electron chi connectivity index (χ2n) is 6.61. The Morgan fingerprint density at radius 1 is 1.23 bits per heavy atom. The van der Waals surface area contributed by atoms with Gasteiger partial charge in [0.1, 0.15) is 11.9 Å². The summed E-state index contributed by atoms with van der Waals surface area (Å²) in [4.78, 5) is 17.1. The third kappa shape index (κ3) is 4.00. The fraction of sp³-hybridized carbons (Fsp3) is 0.333. The molecule has 0 radical (unpaired) electrons. The first-order valence-electron chi connectivity index (χ1n) is 8.93. The number of hydrazine groups is 1. The number of anilines is 1. The van der Waals surface area contributed by atoms with Gasteiger partial charge in [-0.3, -0.25) is 9.80 Å². The third-order valence-corrected chi connectivity index (χ3v) is 5.75. The van der Waals surface area contributed by atoms with Gasteiger partial charge in [-0.05, 0) is 44.4 Å². The van der Waals surface area contributed by atoms with Crippen LogP contribution in [-0.2, 0) is 4.79 Å². The molecule has 5 heteroatoms. The molecule has 2 unspecified atom stereocenters. The lowest BCUT2D eigenvalue weighted by Crippen LogP contribution is -2.40. The van der Waals surface area contributed by atoms with E-state index in [1.54, 1.807) is 6.92 Å². The summed E-state index contributed by atoms with van der Waals surface area (Å²) in [5, 5.41) is 2.61. The van der Waals surface area contributed by atoms with Crippen molar-refractivity contribution in [1.82, 2.24) is 5.43 Å². The molecule has 4 nitrogen and oxygen atoms in total. The molecule has 0 saturated carbocycles. The molecule has 136 valence electrons. The number of hydrogen-bond acceptors (Lipinski definition) is 5. The molecule has 0 bridgehead atoms. The quantitative estimate of drug-likeness (QED) is 0.826. The van der Waals surface area contributed by atoms with Gasteiger partial charge >= 0.3 is 0 Å². The molecule has 0 spiro atoms. The normalized spacial score (nSPS) is 17.9. The minimum absolute atomic E-state index is 0.0292. The van der Waals surface area contributed by atoms with E-state index in [1.807, 2.05) is 35.3 Å². The van der Waals surface area contributed by atoms with Gasteiger partial charge in [0.25, 0.3) is 0 Å². The molecule has 2 aromatic carbocycles. The maximum atomic E-state index is 12.3. The zero-order chi connectivity index (χ0) is 18.7. The molecule has 0 amide bonds. The Morgan fingerprint density at radius 3 is 2.58 bits per heavy atom. The smallest absolute Gasteiger partial charge is 0.181 e. The first kappa shape index (κ1) is 18.7. The van der Waals surface area contributed by atoms with E-state index in [1.165, 1.54) is 22.9 Å². The van der Waals surface area contributed by atoms with E-state index in [9.17, 15) is 4.79 Å². The Morgan fingerprint density at radius 2 is 1.96 bits per heavy atom. The molecule has 0 aromatic heterocycles. The highest BCUT2D eigenvalue weighted by Crippen LogP contribution is 2.35. The average molecular weight is 368 g/mol. The number of ketones is 1. The number of carbonyl (C=O) groups excluding carboxylic acids is 1. The van der Waals surface area contributed by atoms with Crippen LogP contribution in [0, 0.1) is 13.8 Å². The maximum absolute atomic E-state index is 12.3. The van der Waals surface area contributed by atoms with Crippen LogP contribution in [-0.4, -0.2) is 17.1 Å². The predicted octanol–water partition coefficient (Wildman–Crippen LogP) is 4.78. The van der Waals surface area contributed by atoms with Crippen molar-refractivity contribution in [3.8, 4) is 0 Å². The Balaban J connectivity index is 1.93. The monoisotopic (exact) mass is 367 g/mol. The summed E-state index contributed by atoms with van der Waals surface area (Å²) >= 11 is 1.51.